The minimum Gasteiger partial charge on any atom is -0.461 e. The molecule has 2 heterocycles. The molecule has 0 fully saturated rings. The number of aromatic nitrogens is 3. The van der Waals surface area contributed by atoms with E-state index in [9.17, 15) is 4.79 Å². The minimum atomic E-state index is -0.479. The molecule has 0 amide bonds. The molecule has 0 aliphatic rings. The fourth-order valence-corrected chi connectivity index (χ4v) is 1.71. The van der Waals surface area contributed by atoms with Gasteiger partial charge < -0.3 is 9.26 Å². The summed E-state index contributed by atoms with van der Waals surface area (Å²) in [7, 11) is 0. The Kier molecular flexibility index (Phi) is 3.45. The first-order valence-corrected chi connectivity index (χ1v) is 5.84. The monoisotopic (exact) mass is 249 g/mol. The quantitative estimate of drug-likeness (QED) is 0.775. The molecule has 0 aromatic carbocycles. The molecule has 2 aromatic rings. The lowest BCUT2D eigenvalue weighted by atomic mass is 10.2. The van der Waals surface area contributed by atoms with E-state index in [1.54, 1.807) is 19.2 Å². The first-order chi connectivity index (χ1) is 8.67. The van der Waals surface area contributed by atoms with E-state index in [1.807, 2.05) is 18.5 Å². The van der Waals surface area contributed by atoms with Gasteiger partial charge >= 0.3 is 5.97 Å². The van der Waals surface area contributed by atoms with Crippen molar-refractivity contribution in [2.24, 2.45) is 0 Å². The Morgan fingerprint density at radius 2 is 2.28 bits per heavy atom. The summed E-state index contributed by atoms with van der Waals surface area (Å²) < 4.78 is 11.9. The van der Waals surface area contributed by atoms with Crippen LogP contribution in [-0.4, -0.2) is 27.5 Å². The summed E-state index contributed by atoms with van der Waals surface area (Å²) in [4.78, 5) is 11.5. The maximum atomic E-state index is 11.5. The molecule has 0 atom stereocenters. The van der Waals surface area contributed by atoms with Gasteiger partial charge in [0.2, 0.25) is 0 Å². The number of nitrogens with zero attached hydrogens (tertiary/aromatic N) is 3. The molecule has 6 heteroatoms. The number of esters is 1. The SMILES string of the molecule is CCOC(=O)c1cc(-c2cnn(CC)c2C)on1. The molecule has 18 heavy (non-hydrogen) atoms. The molecule has 6 nitrogen and oxygen atoms in total. The van der Waals surface area contributed by atoms with E-state index in [2.05, 4.69) is 10.3 Å². The topological polar surface area (TPSA) is 70.2 Å². The molecule has 0 saturated carbocycles. The Balaban J connectivity index is 2.29. The summed E-state index contributed by atoms with van der Waals surface area (Å²) in [6.45, 7) is 6.79. The van der Waals surface area contributed by atoms with Crippen molar-refractivity contribution >= 4 is 5.97 Å². The maximum Gasteiger partial charge on any atom is 0.360 e. The van der Waals surface area contributed by atoms with E-state index >= 15 is 0 Å². The van der Waals surface area contributed by atoms with E-state index < -0.39 is 5.97 Å². The van der Waals surface area contributed by atoms with Crippen LogP contribution in [0.15, 0.2) is 16.8 Å². The number of ether oxygens (including phenoxy) is 1. The zero-order chi connectivity index (χ0) is 13.1. The second-order valence-electron chi connectivity index (χ2n) is 3.76. The van der Waals surface area contributed by atoms with E-state index in [-0.39, 0.29) is 5.69 Å². The van der Waals surface area contributed by atoms with Crippen LogP contribution in [0.25, 0.3) is 11.3 Å². The van der Waals surface area contributed by atoms with Crippen LogP contribution in [0.1, 0.15) is 30.0 Å². The molecular formula is C12H15N3O3. The van der Waals surface area contributed by atoms with E-state index in [0.29, 0.717) is 12.4 Å². The Hall–Kier alpha value is -2.11. The van der Waals surface area contributed by atoms with E-state index in [1.165, 1.54) is 0 Å². The Morgan fingerprint density at radius 1 is 1.50 bits per heavy atom. The fraction of sp³-hybridized carbons (Fsp3) is 0.417. The van der Waals surface area contributed by atoms with Crippen LogP contribution in [0.4, 0.5) is 0 Å². The number of hydrogen-bond donors (Lipinski definition) is 0. The molecule has 0 bridgehead atoms. The van der Waals surface area contributed by atoms with Crippen molar-refractivity contribution in [2.45, 2.75) is 27.3 Å². The zero-order valence-electron chi connectivity index (χ0n) is 10.6. The molecule has 0 unspecified atom stereocenters. The number of carbonyl (C=O) groups is 1. The Labute approximate surface area is 105 Å². The molecule has 0 saturated heterocycles. The lowest BCUT2D eigenvalue weighted by Gasteiger charge is -1.98. The summed E-state index contributed by atoms with van der Waals surface area (Å²) in [5.74, 6) is 0.0447. The van der Waals surface area contributed by atoms with Crippen LogP contribution in [-0.2, 0) is 11.3 Å². The average Bonchev–Trinajstić information content (AvgIpc) is 2.95. The first kappa shape index (κ1) is 12.3. The number of carbonyl (C=O) groups excluding carboxylic acids is 1. The van der Waals surface area contributed by atoms with Crippen LogP contribution >= 0.6 is 0 Å². The van der Waals surface area contributed by atoms with Gasteiger partial charge in [-0.3, -0.25) is 4.68 Å². The second kappa shape index (κ2) is 5.03. The molecule has 0 aliphatic heterocycles. The minimum absolute atomic E-state index is 0.176. The standard InChI is InChI=1S/C12H15N3O3/c1-4-15-8(3)9(7-13-15)11-6-10(14-18-11)12(16)17-5-2/h6-7H,4-5H2,1-3H3. The Bertz CT molecular complexity index is 557. The normalized spacial score (nSPS) is 10.6. The lowest BCUT2D eigenvalue weighted by Crippen LogP contribution is -2.04. The predicted octanol–water partition coefficient (Wildman–Crippen LogP) is 2.04. The second-order valence-corrected chi connectivity index (χ2v) is 3.76. The van der Waals surface area contributed by atoms with Gasteiger partial charge in [-0.15, -0.1) is 0 Å². The van der Waals surface area contributed by atoms with Gasteiger partial charge in [0, 0.05) is 18.3 Å². The molecule has 0 spiro atoms. The van der Waals surface area contributed by atoms with Crippen molar-refractivity contribution in [3.05, 3.63) is 23.7 Å². The third-order valence-electron chi connectivity index (χ3n) is 2.66. The third kappa shape index (κ3) is 2.13. The van der Waals surface area contributed by atoms with Crippen molar-refractivity contribution in [1.82, 2.24) is 14.9 Å². The average molecular weight is 249 g/mol. The lowest BCUT2D eigenvalue weighted by molar-refractivity contribution is 0.0514. The summed E-state index contributed by atoms with van der Waals surface area (Å²) in [6, 6.07) is 1.57. The van der Waals surface area contributed by atoms with Gasteiger partial charge in [-0.1, -0.05) is 5.16 Å². The summed E-state index contributed by atoms with van der Waals surface area (Å²) >= 11 is 0. The van der Waals surface area contributed by atoms with Crippen LogP contribution in [0.3, 0.4) is 0 Å². The van der Waals surface area contributed by atoms with Gasteiger partial charge in [-0.05, 0) is 20.8 Å². The van der Waals surface area contributed by atoms with Gasteiger partial charge in [-0.25, -0.2) is 4.79 Å². The van der Waals surface area contributed by atoms with E-state index in [0.717, 1.165) is 17.8 Å². The molecule has 0 aliphatic carbocycles. The summed E-state index contributed by atoms with van der Waals surface area (Å²) in [5, 5.41) is 7.91. The van der Waals surface area contributed by atoms with Crippen molar-refractivity contribution < 1.29 is 14.1 Å². The van der Waals surface area contributed by atoms with E-state index in [4.69, 9.17) is 9.26 Å². The molecule has 2 rings (SSSR count). The highest BCUT2D eigenvalue weighted by Crippen LogP contribution is 2.24. The van der Waals surface area contributed by atoms with Gasteiger partial charge in [0.25, 0.3) is 0 Å². The molecule has 0 N–H and O–H groups in total. The van der Waals surface area contributed by atoms with Crippen molar-refractivity contribution in [3.8, 4) is 11.3 Å². The predicted molar refractivity (Wildman–Crippen MR) is 64.1 cm³/mol. The number of hydrogen-bond acceptors (Lipinski definition) is 5. The van der Waals surface area contributed by atoms with Crippen molar-refractivity contribution in [2.75, 3.05) is 6.61 Å². The zero-order valence-corrected chi connectivity index (χ0v) is 10.6. The van der Waals surface area contributed by atoms with Crippen molar-refractivity contribution in [3.63, 3.8) is 0 Å². The van der Waals surface area contributed by atoms with Gasteiger partial charge in [0.15, 0.2) is 11.5 Å². The molecule has 96 valence electrons. The highest BCUT2D eigenvalue weighted by molar-refractivity contribution is 5.88. The van der Waals surface area contributed by atoms with Crippen LogP contribution < -0.4 is 0 Å². The van der Waals surface area contributed by atoms with Crippen LogP contribution in [0, 0.1) is 6.92 Å². The third-order valence-corrected chi connectivity index (χ3v) is 2.66. The smallest absolute Gasteiger partial charge is 0.360 e. The summed E-state index contributed by atoms with van der Waals surface area (Å²) in [5.41, 5.74) is 1.99. The number of aryl methyl sites for hydroxylation is 1. The maximum absolute atomic E-state index is 11.5. The largest absolute Gasteiger partial charge is 0.461 e. The highest BCUT2D eigenvalue weighted by atomic mass is 16.5. The number of rotatable bonds is 4. The first-order valence-electron chi connectivity index (χ1n) is 5.84. The molecule has 2 aromatic heterocycles. The van der Waals surface area contributed by atoms with Gasteiger partial charge in [-0.2, -0.15) is 5.10 Å². The Morgan fingerprint density at radius 3 is 2.89 bits per heavy atom. The van der Waals surface area contributed by atoms with Gasteiger partial charge in [0.1, 0.15) is 0 Å². The van der Waals surface area contributed by atoms with Crippen LogP contribution in [0.2, 0.25) is 0 Å². The fourth-order valence-electron chi connectivity index (χ4n) is 1.71. The van der Waals surface area contributed by atoms with Crippen LogP contribution in [0.5, 0.6) is 0 Å². The van der Waals surface area contributed by atoms with Crippen molar-refractivity contribution in [1.29, 1.82) is 0 Å². The molecule has 0 radical (unpaired) electrons. The summed E-state index contributed by atoms with van der Waals surface area (Å²) in [6.07, 6.45) is 1.70. The molecular weight excluding hydrogens is 234 g/mol. The van der Waals surface area contributed by atoms with Gasteiger partial charge in [0.05, 0.1) is 18.4 Å². The highest BCUT2D eigenvalue weighted by Gasteiger charge is 2.17.